The van der Waals surface area contributed by atoms with E-state index in [1.54, 1.807) is 0 Å². The lowest BCUT2D eigenvalue weighted by Gasteiger charge is -2.25. The van der Waals surface area contributed by atoms with Gasteiger partial charge in [-0.2, -0.15) is 0 Å². The monoisotopic (exact) mass is 107 g/mol. The third kappa shape index (κ3) is 5.72. The molecule has 0 rings (SSSR count). The van der Waals surface area contributed by atoms with E-state index in [0.717, 1.165) is 0 Å². The maximum Gasteiger partial charge on any atom is -0.145 e. The molecule has 0 fully saturated rings. The topological polar surface area (TPSA) is 110 Å². The Bertz CT molecular complexity index is 35.3. The summed E-state index contributed by atoms with van der Waals surface area (Å²) in [5.41, 5.74) is 0. The first-order valence-corrected chi connectivity index (χ1v) is 1.27. The predicted molar refractivity (Wildman–Crippen MR) is 19.4 cm³/mol. The van der Waals surface area contributed by atoms with Crippen LogP contribution in [0, 0.1) is 0 Å². The molecule has 7 heavy (non-hydrogen) atoms. The van der Waals surface area contributed by atoms with E-state index in [9.17, 15) is 0 Å². The van der Waals surface area contributed by atoms with Gasteiger partial charge in [0.1, 0.15) is 0 Å². The second-order valence-electron chi connectivity index (χ2n) is 0.680. The first-order chi connectivity index (χ1) is 3.13. The minimum atomic E-state index is -0.438. The highest BCUT2D eigenvalue weighted by atomic mass is 17.0. The zero-order valence-electron chi connectivity index (χ0n) is 3.33. The summed E-state index contributed by atoms with van der Waals surface area (Å²) in [4.78, 5) is 3.58. The van der Waals surface area contributed by atoms with E-state index in [4.69, 9.17) is 16.9 Å². The van der Waals surface area contributed by atoms with Crippen LogP contribution in [0.25, 0.3) is 11.7 Å². The second kappa shape index (κ2) is 2.82. The van der Waals surface area contributed by atoms with E-state index in [0.29, 0.717) is 0 Å². The Kier molecular flexibility index (Phi) is 2.71. The zero-order chi connectivity index (χ0) is 5.86. The van der Waals surface area contributed by atoms with Crippen molar-refractivity contribution in [3.63, 3.8) is 0 Å². The predicted octanol–water partition coefficient (Wildman–Crippen LogP) is -0.366. The molecule has 44 valence electrons. The van der Waals surface area contributed by atoms with Crippen LogP contribution in [0.15, 0.2) is 0 Å². The summed E-state index contributed by atoms with van der Waals surface area (Å²) in [5, 5.41) is 7.26. The van der Waals surface area contributed by atoms with Gasteiger partial charge in [-0.3, -0.25) is 5.84 Å². The molecule has 0 saturated carbocycles. The molecule has 7 heteroatoms. The van der Waals surface area contributed by atoms with E-state index in [1.165, 1.54) is 0 Å². The summed E-state index contributed by atoms with van der Waals surface area (Å²) >= 11 is 0. The summed E-state index contributed by atoms with van der Waals surface area (Å²) in [6, 6.07) is 0. The van der Waals surface area contributed by atoms with Gasteiger partial charge in [-0.25, -0.2) is 10.2 Å². The molecule has 0 spiro atoms. The zero-order valence-corrected chi connectivity index (χ0v) is 3.33. The lowest BCUT2D eigenvalue weighted by Crippen LogP contribution is -2.28. The van der Waals surface area contributed by atoms with Crippen LogP contribution in [-0.4, -0.2) is 15.8 Å². The molecule has 0 aromatic carbocycles. The van der Waals surface area contributed by atoms with Crippen molar-refractivity contribution in [1.82, 2.24) is 10.6 Å². The van der Waals surface area contributed by atoms with Crippen LogP contribution in [0.3, 0.4) is 0 Å². The van der Waals surface area contributed by atoms with Crippen LogP contribution >= 0.6 is 0 Å². The lowest BCUT2D eigenvalue weighted by molar-refractivity contribution is -0.401. The SMILES string of the molecule is [NH-]N(N)ON([NH-])O. The first-order valence-electron chi connectivity index (χ1n) is 1.27. The van der Waals surface area contributed by atoms with Crippen molar-refractivity contribution in [3.05, 3.63) is 11.7 Å². The highest BCUT2D eigenvalue weighted by Crippen LogP contribution is 1.82. The number of rotatable bonds is 2. The molecular formula is H5N5O2-2. The molecule has 0 aliphatic heterocycles. The molecule has 7 nitrogen and oxygen atoms in total. The van der Waals surface area contributed by atoms with Gasteiger partial charge >= 0.3 is 0 Å². The Hall–Kier alpha value is -0.280. The molecule has 5 N–H and O–H groups in total. The van der Waals surface area contributed by atoms with Crippen LogP contribution in [-0.2, 0) is 4.94 Å². The molecule has 0 unspecified atom stereocenters. The quantitative estimate of drug-likeness (QED) is 0.369. The van der Waals surface area contributed by atoms with Crippen molar-refractivity contribution in [2.24, 2.45) is 5.84 Å². The van der Waals surface area contributed by atoms with E-state index < -0.39 is 5.34 Å². The molecule has 0 atom stereocenters. The molecule has 0 aliphatic rings. The van der Waals surface area contributed by atoms with Gasteiger partial charge in [-0.15, -0.1) is 5.34 Å². The highest BCUT2D eigenvalue weighted by molar-refractivity contribution is 4.17. The van der Waals surface area contributed by atoms with Crippen LogP contribution < -0.4 is 5.84 Å². The van der Waals surface area contributed by atoms with Crippen LogP contribution in [0.1, 0.15) is 0 Å². The van der Waals surface area contributed by atoms with Crippen LogP contribution in [0.4, 0.5) is 0 Å². The van der Waals surface area contributed by atoms with Gasteiger partial charge in [0.2, 0.25) is 0 Å². The van der Waals surface area contributed by atoms with Gasteiger partial charge in [0.05, 0.1) is 0 Å². The van der Waals surface area contributed by atoms with Gasteiger partial charge in [-0.1, -0.05) is 0 Å². The standard InChI is InChI=1S/H5N5O2/c1-4(2)7-5(3)6/h1,3,6H,2H2/q-2. The third-order valence-corrected chi connectivity index (χ3v) is 0.165. The van der Waals surface area contributed by atoms with E-state index in [-0.39, 0.29) is 5.28 Å². The molecular weight excluding hydrogens is 102 g/mol. The summed E-state index contributed by atoms with van der Waals surface area (Å²) in [7, 11) is 0. The average Bonchev–Trinajstić information content (AvgIpc) is 1.27. The number of nitrogens with zero attached hydrogens (tertiary/aromatic N) is 2. The van der Waals surface area contributed by atoms with Crippen molar-refractivity contribution in [2.75, 3.05) is 0 Å². The molecule has 0 aliphatic carbocycles. The van der Waals surface area contributed by atoms with Crippen molar-refractivity contribution in [2.45, 2.75) is 0 Å². The summed E-state index contributed by atoms with van der Waals surface area (Å²) in [6.07, 6.45) is 0. The molecule has 0 aromatic heterocycles. The second-order valence-corrected chi connectivity index (χ2v) is 0.680. The van der Waals surface area contributed by atoms with Gasteiger partial charge in [0, 0.05) is 0 Å². The summed E-state index contributed by atoms with van der Waals surface area (Å²) in [6.45, 7) is 0. The Morgan fingerprint density at radius 1 is 1.57 bits per heavy atom. The number of hydrogen-bond acceptors (Lipinski definition) is 5. The summed E-state index contributed by atoms with van der Waals surface area (Å²) in [5.74, 6) is 16.7. The summed E-state index contributed by atoms with van der Waals surface area (Å²) < 4.78 is 0. The largest absolute Gasteiger partial charge is 0.567 e. The Labute approximate surface area is 39.6 Å². The minimum Gasteiger partial charge on any atom is -0.567 e. The normalized spacial score (nSPS) is 11.1. The van der Waals surface area contributed by atoms with Gasteiger partial charge in [-0.05, 0) is 0 Å². The molecule has 0 bridgehead atoms. The molecule has 0 radical (unpaired) electrons. The van der Waals surface area contributed by atoms with Gasteiger partial charge < -0.3 is 16.9 Å². The minimum absolute atomic E-state index is 0.0625. The fraction of sp³-hybridized carbons (Fsp3) is 0. The molecule has 0 amide bonds. The van der Waals surface area contributed by atoms with E-state index >= 15 is 0 Å². The van der Waals surface area contributed by atoms with Gasteiger partial charge in [0.25, 0.3) is 0 Å². The Balaban J connectivity index is 2.95. The molecule has 0 heterocycles. The van der Waals surface area contributed by atoms with Crippen molar-refractivity contribution >= 4 is 0 Å². The Morgan fingerprint density at radius 2 is 2.00 bits per heavy atom. The number of hydrazine groups is 1. The van der Waals surface area contributed by atoms with E-state index in [1.807, 2.05) is 0 Å². The van der Waals surface area contributed by atoms with Crippen molar-refractivity contribution < 1.29 is 10.1 Å². The fourth-order valence-corrected chi connectivity index (χ4v) is 0.0833. The van der Waals surface area contributed by atoms with Crippen molar-refractivity contribution in [3.8, 4) is 0 Å². The molecule has 0 aromatic rings. The van der Waals surface area contributed by atoms with Gasteiger partial charge in [0.15, 0.2) is 0 Å². The number of nitrogens with two attached hydrogens (primary N) is 1. The third-order valence-electron chi connectivity index (χ3n) is 0.165. The van der Waals surface area contributed by atoms with Crippen LogP contribution in [0.2, 0.25) is 0 Å². The van der Waals surface area contributed by atoms with Crippen LogP contribution in [0.5, 0.6) is 0 Å². The highest BCUT2D eigenvalue weighted by Gasteiger charge is 1.76. The fourth-order valence-electron chi connectivity index (χ4n) is 0.0833. The first kappa shape index (κ1) is 6.72. The molecule has 0 saturated heterocycles. The number of hydrogen-bond donors (Lipinski definition) is 2. The van der Waals surface area contributed by atoms with E-state index in [2.05, 4.69) is 10.8 Å². The lowest BCUT2D eigenvalue weighted by atomic mass is 12.4. The smallest absolute Gasteiger partial charge is 0.145 e. The van der Waals surface area contributed by atoms with Crippen molar-refractivity contribution in [1.29, 1.82) is 0 Å². The maximum absolute atomic E-state index is 7.76. The average molecular weight is 107 g/mol. The number of nitrogens with one attached hydrogen (secondary N) is 2. The Morgan fingerprint density at radius 3 is 2.00 bits per heavy atom. The maximum atomic E-state index is 7.76.